The van der Waals surface area contributed by atoms with Crippen molar-refractivity contribution in [3.8, 4) is 0 Å². The van der Waals surface area contributed by atoms with Gasteiger partial charge in [0.05, 0.1) is 0 Å². The van der Waals surface area contributed by atoms with E-state index in [2.05, 4.69) is 28.2 Å². The standard InChI is InChI=1S/C14H16N2.C7H8O2S/c1-12-6-4-9-14(16-12)10-5-8-13-7-2-3-11-15-13;1-6-2-4-7(5-3-6)10(8)9/h2-4,6-7,9,11H,5,8,10H2,1H3;2-5H,1H3,(H,8,9)/p-1. The van der Waals surface area contributed by atoms with E-state index < -0.39 is 11.1 Å². The second kappa shape index (κ2) is 10.6. The van der Waals surface area contributed by atoms with E-state index in [4.69, 9.17) is 0 Å². The Hall–Kier alpha value is -2.37. The maximum absolute atomic E-state index is 10.3. The minimum Gasteiger partial charge on any atom is -0.768 e. The lowest BCUT2D eigenvalue weighted by Gasteiger charge is -2.03. The summed E-state index contributed by atoms with van der Waals surface area (Å²) in [5, 5.41) is 0. The number of aromatic nitrogens is 2. The lowest BCUT2D eigenvalue weighted by Crippen LogP contribution is -1.95. The summed E-state index contributed by atoms with van der Waals surface area (Å²) in [6.07, 6.45) is 5.00. The van der Waals surface area contributed by atoms with Crippen molar-refractivity contribution in [1.29, 1.82) is 0 Å². The summed E-state index contributed by atoms with van der Waals surface area (Å²) in [6, 6.07) is 18.9. The van der Waals surface area contributed by atoms with Crippen LogP contribution in [0.3, 0.4) is 0 Å². The highest BCUT2D eigenvalue weighted by molar-refractivity contribution is 7.79. The van der Waals surface area contributed by atoms with Gasteiger partial charge in [-0.25, -0.2) is 0 Å². The molecule has 0 N–H and O–H groups in total. The van der Waals surface area contributed by atoms with Gasteiger partial charge in [0.1, 0.15) is 0 Å². The molecular weight excluding hydrogens is 344 g/mol. The third kappa shape index (κ3) is 7.25. The maximum atomic E-state index is 10.3. The molecule has 1 aromatic carbocycles. The van der Waals surface area contributed by atoms with Gasteiger partial charge in [-0.1, -0.05) is 29.8 Å². The van der Waals surface area contributed by atoms with Crippen molar-refractivity contribution in [3.63, 3.8) is 0 Å². The number of pyridine rings is 2. The molecule has 5 heteroatoms. The monoisotopic (exact) mass is 367 g/mol. The molecular formula is C21H23N2O2S-. The van der Waals surface area contributed by atoms with Crippen LogP contribution >= 0.6 is 0 Å². The summed E-state index contributed by atoms with van der Waals surface area (Å²) in [4.78, 5) is 9.13. The van der Waals surface area contributed by atoms with E-state index in [0.29, 0.717) is 4.90 Å². The van der Waals surface area contributed by atoms with Gasteiger partial charge in [-0.3, -0.25) is 14.2 Å². The largest absolute Gasteiger partial charge is 0.768 e. The quantitative estimate of drug-likeness (QED) is 0.634. The summed E-state index contributed by atoms with van der Waals surface area (Å²) in [5.41, 5.74) is 4.50. The Morgan fingerprint density at radius 1 is 0.885 bits per heavy atom. The van der Waals surface area contributed by atoms with Gasteiger partial charge in [-0.15, -0.1) is 0 Å². The second-order valence-electron chi connectivity index (χ2n) is 5.99. The van der Waals surface area contributed by atoms with E-state index in [0.717, 1.165) is 36.2 Å². The third-order valence-electron chi connectivity index (χ3n) is 3.75. The smallest absolute Gasteiger partial charge is 0.0406 e. The highest BCUT2D eigenvalue weighted by atomic mass is 32.2. The first-order valence-corrected chi connectivity index (χ1v) is 9.60. The van der Waals surface area contributed by atoms with Crippen molar-refractivity contribution in [2.45, 2.75) is 38.0 Å². The molecule has 26 heavy (non-hydrogen) atoms. The summed E-state index contributed by atoms with van der Waals surface area (Å²) in [5.74, 6) is 0. The van der Waals surface area contributed by atoms with Crippen LogP contribution in [0, 0.1) is 13.8 Å². The lowest BCUT2D eigenvalue weighted by atomic mass is 10.1. The molecule has 0 spiro atoms. The zero-order chi connectivity index (χ0) is 18.8. The molecule has 3 aromatic rings. The van der Waals surface area contributed by atoms with Crippen LogP contribution < -0.4 is 0 Å². The van der Waals surface area contributed by atoms with E-state index >= 15 is 0 Å². The molecule has 0 aliphatic rings. The van der Waals surface area contributed by atoms with Crippen LogP contribution in [0.5, 0.6) is 0 Å². The molecule has 0 radical (unpaired) electrons. The molecule has 0 aliphatic carbocycles. The normalized spacial score (nSPS) is 11.3. The lowest BCUT2D eigenvalue weighted by molar-refractivity contribution is 0.537. The highest BCUT2D eigenvalue weighted by Crippen LogP contribution is 2.06. The van der Waals surface area contributed by atoms with Crippen LogP contribution in [0.25, 0.3) is 0 Å². The fourth-order valence-corrected chi connectivity index (χ4v) is 2.74. The predicted octanol–water partition coefficient (Wildman–Crippen LogP) is 4.19. The topological polar surface area (TPSA) is 65.9 Å². The molecule has 0 aliphatic heterocycles. The van der Waals surface area contributed by atoms with Crippen LogP contribution in [0.2, 0.25) is 0 Å². The zero-order valence-electron chi connectivity index (χ0n) is 15.1. The van der Waals surface area contributed by atoms with Crippen LogP contribution in [-0.2, 0) is 23.9 Å². The molecule has 0 fully saturated rings. The SMILES string of the molecule is Cc1ccc(S(=O)[O-])cc1.Cc1cccc(CCCc2ccccn2)n1. The van der Waals surface area contributed by atoms with Crippen molar-refractivity contribution in [1.82, 2.24) is 9.97 Å². The fourth-order valence-electron chi connectivity index (χ4n) is 2.38. The molecule has 136 valence electrons. The van der Waals surface area contributed by atoms with Gasteiger partial charge < -0.3 is 4.55 Å². The Balaban J connectivity index is 0.000000209. The zero-order valence-corrected chi connectivity index (χ0v) is 15.9. The maximum Gasteiger partial charge on any atom is 0.0406 e. The predicted molar refractivity (Wildman–Crippen MR) is 104 cm³/mol. The van der Waals surface area contributed by atoms with Gasteiger partial charge in [0.25, 0.3) is 0 Å². The number of hydrogen-bond donors (Lipinski definition) is 0. The molecule has 0 saturated carbocycles. The third-order valence-corrected chi connectivity index (χ3v) is 4.41. The van der Waals surface area contributed by atoms with Crippen LogP contribution in [0.4, 0.5) is 0 Å². The van der Waals surface area contributed by atoms with Gasteiger partial charge in [0, 0.05) is 28.2 Å². The summed E-state index contributed by atoms with van der Waals surface area (Å²) in [7, 11) is 0. The van der Waals surface area contributed by atoms with E-state index in [1.165, 1.54) is 5.69 Å². The number of rotatable bonds is 5. The van der Waals surface area contributed by atoms with Crippen molar-refractivity contribution in [2.24, 2.45) is 0 Å². The van der Waals surface area contributed by atoms with Crippen molar-refractivity contribution >= 4 is 11.1 Å². The Morgan fingerprint density at radius 3 is 2.19 bits per heavy atom. The molecule has 2 aromatic heterocycles. The fraction of sp³-hybridized carbons (Fsp3) is 0.238. The van der Waals surface area contributed by atoms with Crippen molar-refractivity contribution in [3.05, 3.63) is 89.5 Å². The number of hydrogen-bond acceptors (Lipinski definition) is 4. The van der Waals surface area contributed by atoms with Crippen molar-refractivity contribution < 1.29 is 8.76 Å². The molecule has 3 rings (SSSR count). The number of benzene rings is 1. The summed E-state index contributed by atoms with van der Waals surface area (Å²) >= 11 is -2.09. The van der Waals surface area contributed by atoms with Gasteiger partial charge in [-0.2, -0.15) is 0 Å². The molecule has 0 amide bonds. The van der Waals surface area contributed by atoms with E-state index in [1.807, 2.05) is 38.2 Å². The summed E-state index contributed by atoms with van der Waals surface area (Å²) < 4.78 is 20.6. The summed E-state index contributed by atoms with van der Waals surface area (Å²) in [6.45, 7) is 3.94. The van der Waals surface area contributed by atoms with E-state index in [9.17, 15) is 8.76 Å². The molecule has 0 saturated heterocycles. The average Bonchev–Trinajstić information content (AvgIpc) is 2.64. The molecule has 2 heterocycles. The highest BCUT2D eigenvalue weighted by Gasteiger charge is 1.97. The number of nitrogens with zero attached hydrogens (tertiary/aromatic N) is 2. The Kier molecular flexibility index (Phi) is 8.12. The Labute approximate surface area is 157 Å². The van der Waals surface area contributed by atoms with Gasteiger partial charge in [0.15, 0.2) is 0 Å². The minimum atomic E-state index is -2.09. The Bertz CT molecular complexity index is 821. The van der Waals surface area contributed by atoms with Crippen LogP contribution in [0.15, 0.2) is 71.8 Å². The van der Waals surface area contributed by atoms with Crippen molar-refractivity contribution in [2.75, 3.05) is 0 Å². The van der Waals surface area contributed by atoms with Gasteiger partial charge >= 0.3 is 0 Å². The molecule has 1 atom stereocenters. The first kappa shape index (κ1) is 19.9. The second-order valence-corrected chi connectivity index (χ2v) is 6.93. The number of aryl methyl sites for hydroxylation is 4. The van der Waals surface area contributed by atoms with Crippen LogP contribution in [-0.4, -0.2) is 18.7 Å². The molecule has 4 nitrogen and oxygen atoms in total. The molecule has 0 bridgehead atoms. The Morgan fingerprint density at radius 2 is 1.58 bits per heavy atom. The van der Waals surface area contributed by atoms with Gasteiger partial charge in [-0.05, 0) is 80.6 Å². The van der Waals surface area contributed by atoms with E-state index in [1.54, 1.807) is 24.3 Å². The van der Waals surface area contributed by atoms with Gasteiger partial charge in [0.2, 0.25) is 0 Å². The first-order valence-electron chi connectivity index (χ1n) is 8.53. The van der Waals surface area contributed by atoms with Crippen LogP contribution in [0.1, 0.15) is 29.1 Å². The van der Waals surface area contributed by atoms with E-state index in [-0.39, 0.29) is 0 Å². The first-order chi connectivity index (χ1) is 12.5. The minimum absolute atomic E-state index is 0.339. The molecule has 1 unspecified atom stereocenters. The average molecular weight is 367 g/mol.